The van der Waals surface area contributed by atoms with Crippen molar-refractivity contribution in [2.75, 3.05) is 13.2 Å². The van der Waals surface area contributed by atoms with Gasteiger partial charge in [-0.05, 0) is 43.2 Å². The lowest BCUT2D eigenvalue weighted by molar-refractivity contribution is -0.132. The number of carbonyl (C=O) groups excluding carboxylic acids is 1. The summed E-state index contributed by atoms with van der Waals surface area (Å²) in [7, 11) is 0. The first kappa shape index (κ1) is 22.6. The predicted molar refractivity (Wildman–Crippen MR) is 123 cm³/mol. The monoisotopic (exact) mass is 407 g/mol. The zero-order valence-corrected chi connectivity index (χ0v) is 19.1. The van der Waals surface area contributed by atoms with E-state index in [1.165, 1.54) is 16.7 Å². The van der Waals surface area contributed by atoms with Gasteiger partial charge in [0, 0.05) is 31.5 Å². The first-order valence-corrected chi connectivity index (χ1v) is 11.4. The van der Waals surface area contributed by atoms with E-state index in [4.69, 9.17) is 4.74 Å². The summed E-state index contributed by atoms with van der Waals surface area (Å²) >= 11 is 0. The summed E-state index contributed by atoms with van der Waals surface area (Å²) in [6.45, 7) is 10.8. The Hall–Kier alpha value is -2.13. The third kappa shape index (κ3) is 5.51. The molecule has 2 aromatic carbocycles. The highest BCUT2D eigenvalue weighted by atomic mass is 16.5. The fourth-order valence-corrected chi connectivity index (χ4v) is 4.59. The molecular weight excluding hydrogens is 370 g/mol. The molecule has 3 nitrogen and oxygen atoms in total. The van der Waals surface area contributed by atoms with E-state index < -0.39 is 0 Å². The van der Waals surface area contributed by atoms with E-state index >= 15 is 0 Å². The Morgan fingerprint density at radius 2 is 1.83 bits per heavy atom. The number of amides is 1. The van der Waals surface area contributed by atoms with E-state index in [2.05, 4.69) is 57.2 Å². The van der Waals surface area contributed by atoms with Crippen LogP contribution in [0, 0.1) is 12.8 Å². The summed E-state index contributed by atoms with van der Waals surface area (Å²) in [6.07, 6.45) is 3.82. The van der Waals surface area contributed by atoms with Crippen LogP contribution in [0.1, 0.15) is 63.1 Å². The van der Waals surface area contributed by atoms with Gasteiger partial charge >= 0.3 is 0 Å². The highest BCUT2D eigenvalue weighted by Gasteiger charge is 2.39. The van der Waals surface area contributed by atoms with Gasteiger partial charge in [-0.25, -0.2) is 0 Å². The lowest BCUT2D eigenvalue weighted by Gasteiger charge is -2.44. The molecule has 30 heavy (non-hydrogen) atoms. The Morgan fingerprint density at radius 1 is 1.13 bits per heavy atom. The standard InChI is InChI=1S/C27H37NO2/c1-5-26(29)28(20-23-9-7-6-8-10-23)17-15-27(24-13-11-22(4)12-14-24)16-18-30-25(19-27)21(2)3/h6-14,21,25H,5,15-20H2,1-4H3/t25-,27-/m1/s1. The fourth-order valence-electron chi connectivity index (χ4n) is 4.59. The van der Waals surface area contributed by atoms with Crippen LogP contribution in [0.2, 0.25) is 0 Å². The second-order valence-corrected chi connectivity index (χ2v) is 9.16. The zero-order chi connectivity index (χ0) is 21.6. The summed E-state index contributed by atoms with van der Waals surface area (Å²) < 4.78 is 6.13. The molecule has 1 saturated heterocycles. The van der Waals surface area contributed by atoms with Crippen molar-refractivity contribution in [1.29, 1.82) is 0 Å². The van der Waals surface area contributed by atoms with Gasteiger partial charge in [-0.15, -0.1) is 0 Å². The number of aryl methyl sites for hydroxylation is 1. The largest absolute Gasteiger partial charge is 0.378 e. The first-order valence-electron chi connectivity index (χ1n) is 11.4. The van der Waals surface area contributed by atoms with Crippen LogP contribution in [0.3, 0.4) is 0 Å². The second kappa shape index (κ2) is 10.3. The average molecular weight is 408 g/mol. The van der Waals surface area contributed by atoms with E-state index in [-0.39, 0.29) is 17.4 Å². The number of nitrogens with zero attached hydrogens (tertiary/aromatic N) is 1. The van der Waals surface area contributed by atoms with Gasteiger partial charge in [-0.1, -0.05) is 80.9 Å². The van der Waals surface area contributed by atoms with Gasteiger partial charge in [-0.3, -0.25) is 4.79 Å². The van der Waals surface area contributed by atoms with E-state index in [9.17, 15) is 4.79 Å². The molecule has 1 heterocycles. The molecule has 0 radical (unpaired) electrons. The lowest BCUT2D eigenvalue weighted by Crippen LogP contribution is -2.43. The SMILES string of the molecule is CCC(=O)N(CC[C@@]1(c2ccc(C)cc2)CCO[C@@H](C(C)C)C1)Cc1ccccc1. The van der Waals surface area contributed by atoms with E-state index in [1.807, 2.05) is 30.0 Å². The van der Waals surface area contributed by atoms with Crippen LogP contribution in [0.5, 0.6) is 0 Å². The van der Waals surface area contributed by atoms with Gasteiger partial charge in [-0.2, -0.15) is 0 Å². The fraction of sp³-hybridized carbons (Fsp3) is 0.519. The van der Waals surface area contributed by atoms with Gasteiger partial charge < -0.3 is 9.64 Å². The molecule has 1 aliphatic heterocycles. The van der Waals surface area contributed by atoms with Gasteiger partial charge in [0.1, 0.15) is 0 Å². The minimum Gasteiger partial charge on any atom is -0.378 e. The van der Waals surface area contributed by atoms with Crippen molar-refractivity contribution in [3.8, 4) is 0 Å². The molecule has 2 aromatic rings. The number of ether oxygens (including phenoxy) is 1. The molecule has 0 bridgehead atoms. The normalized spacial score (nSPS) is 21.6. The van der Waals surface area contributed by atoms with Crippen LogP contribution in [0.4, 0.5) is 0 Å². The van der Waals surface area contributed by atoms with Crippen LogP contribution < -0.4 is 0 Å². The Balaban J connectivity index is 1.84. The van der Waals surface area contributed by atoms with Crippen molar-refractivity contribution in [1.82, 2.24) is 4.90 Å². The Bertz CT molecular complexity index is 799. The van der Waals surface area contributed by atoms with Gasteiger partial charge in [0.25, 0.3) is 0 Å². The Labute approximate surface area is 182 Å². The third-order valence-electron chi connectivity index (χ3n) is 6.64. The second-order valence-electron chi connectivity index (χ2n) is 9.16. The summed E-state index contributed by atoms with van der Waals surface area (Å²) in [4.78, 5) is 14.8. The number of hydrogen-bond donors (Lipinski definition) is 0. The highest BCUT2D eigenvalue weighted by Crippen LogP contribution is 2.42. The molecule has 3 heteroatoms. The topological polar surface area (TPSA) is 29.5 Å². The predicted octanol–water partition coefficient (Wildman–Crippen LogP) is 5.90. The Kier molecular flexibility index (Phi) is 7.71. The molecule has 0 spiro atoms. The van der Waals surface area contributed by atoms with Crippen LogP contribution in [0.15, 0.2) is 54.6 Å². The number of carbonyl (C=O) groups is 1. The third-order valence-corrected chi connectivity index (χ3v) is 6.64. The first-order chi connectivity index (χ1) is 14.4. The van der Waals surface area contributed by atoms with E-state index in [1.54, 1.807) is 0 Å². The molecule has 0 saturated carbocycles. The Morgan fingerprint density at radius 3 is 2.47 bits per heavy atom. The molecule has 2 atom stereocenters. The van der Waals surface area contributed by atoms with E-state index in [0.29, 0.717) is 18.9 Å². The molecule has 1 fully saturated rings. The number of hydrogen-bond acceptors (Lipinski definition) is 2. The summed E-state index contributed by atoms with van der Waals surface area (Å²) in [5.74, 6) is 0.721. The molecule has 0 N–H and O–H groups in total. The highest BCUT2D eigenvalue weighted by molar-refractivity contribution is 5.75. The zero-order valence-electron chi connectivity index (χ0n) is 19.1. The van der Waals surface area contributed by atoms with Crippen LogP contribution in [-0.4, -0.2) is 30.1 Å². The summed E-state index contributed by atoms with van der Waals surface area (Å²) in [5, 5.41) is 0. The van der Waals surface area contributed by atoms with Crippen molar-refractivity contribution in [3.63, 3.8) is 0 Å². The molecule has 1 amide bonds. The average Bonchev–Trinajstić information content (AvgIpc) is 2.77. The summed E-state index contributed by atoms with van der Waals surface area (Å²) in [6, 6.07) is 19.3. The molecule has 3 rings (SSSR count). The summed E-state index contributed by atoms with van der Waals surface area (Å²) in [5.41, 5.74) is 3.93. The van der Waals surface area contributed by atoms with Gasteiger partial charge in [0.15, 0.2) is 0 Å². The number of rotatable bonds is 8. The maximum atomic E-state index is 12.7. The molecule has 162 valence electrons. The van der Waals surface area contributed by atoms with Gasteiger partial charge in [0.05, 0.1) is 6.10 Å². The van der Waals surface area contributed by atoms with E-state index in [0.717, 1.165) is 32.4 Å². The number of benzene rings is 2. The maximum absolute atomic E-state index is 12.7. The van der Waals surface area contributed by atoms with Crippen molar-refractivity contribution < 1.29 is 9.53 Å². The maximum Gasteiger partial charge on any atom is 0.222 e. The van der Waals surface area contributed by atoms with Crippen LogP contribution >= 0.6 is 0 Å². The minimum atomic E-state index is 0.0594. The van der Waals surface area contributed by atoms with Crippen molar-refractivity contribution in [3.05, 3.63) is 71.3 Å². The smallest absolute Gasteiger partial charge is 0.222 e. The molecule has 0 aliphatic carbocycles. The van der Waals surface area contributed by atoms with Crippen molar-refractivity contribution in [2.24, 2.45) is 5.92 Å². The molecular formula is C27H37NO2. The van der Waals surface area contributed by atoms with Crippen molar-refractivity contribution >= 4 is 5.91 Å². The van der Waals surface area contributed by atoms with Crippen LogP contribution in [0.25, 0.3) is 0 Å². The quantitative estimate of drug-likeness (QED) is 0.545. The van der Waals surface area contributed by atoms with Crippen molar-refractivity contribution in [2.45, 2.75) is 71.4 Å². The lowest BCUT2D eigenvalue weighted by atomic mass is 9.68. The molecule has 0 aromatic heterocycles. The minimum absolute atomic E-state index is 0.0594. The van der Waals surface area contributed by atoms with Crippen LogP contribution in [-0.2, 0) is 21.5 Å². The molecule has 0 unspecified atom stereocenters. The molecule has 1 aliphatic rings. The van der Waals surface area contributed by atoms with Gasteiger partial charge in [0.2, 0.25) is 5.91 Å².